The molecule has 3 N–H and O–H groups in total. The molecule has 1 unspecified atom stereocenters. The van der Waals surface area contributed by atoms with Crippen LogP contribution in [0, 0.1) is 0 Å². The molecule has 0 amide bonds. The van der Waals surface area contributed by atoms with Gasteiger partial charge in [-0.25, -0.2) is 0 Å². The molecule has 0 aromatic rings. The summed E-state index contributed by atoms with van der Waals surface area (Å²) in [5, 5.41) is 3.19. The van der Waals surface area contributed by atoms with E-state index in [1.165, 1.54) is 19.3 Å². The lowest BCUT2D eigenvalue weighted by Gasteiger charge is -2.12. The van der Waals surface area contributed by atoms with Crippen molar-refractivity contribution in [1.82, 2.24) is 5.32 Å². The lowest BCUT2D eigenvalue weighted by atomic mass is 10.1. The van der Waals surface area contributed by atoms with Crippen LogP contribution in [0.3, 0.4) is 0 Å². The van der Waals surface area contributed by atoms with Crippen molar-refractivity contribution in [3.8, 4) is 0 Å². The van der Waals surface area contributed by atoms with Crippen LogP contribution in [-0.2, 0) is 4.74 Å². The molecule has 0 heterocycles. The Kier molecular flexibility index (Phi) is 8.88. The van der Waals surface area contributed by atoms with Gasteiger partial charge in [-0.15, -0.1) is 0 Å². The summed E-state index contributed by atoms with van der Waals surface area (Å²) in [6, 6.07) is 0.493. The average Bonchev–Trinajstić information content (AvgIpc) is 2.11. The predicted octanol–water partition coefficient (Wildman–Crippen LogP) is 0.740. The number of likely N-dealkylation sites (N-methyl/N-ethyl adjacent to an activating group) is 1. The highest BCUT2D eigenvalue weighted by molar-refractivity contribution is 4.64. The van der Waals surface area contributed by atoms with Crippen molar-refractivity contribution in [1.29, 1.82) is 0 Å². The van der Waals surface area contributed by atoms with Crippen molar-refractivity contribution >= 4 is 0 Å². The summed E-state index contributed by atoms with van der Waals surface area (Å²) in [5.41, 5.74) is 5.54. The molecule has 0 saturated heterocycles. The molecule has 3 heteroatoms. The Morgan fingerprint density at radius 3 is 2.58 bits per heavy atom. The summed E-state index contributed by atoms with van der Waals surface area (Å²) in [7, 11) is 3.71. The van der Waals surface area contributed by atoms with Gasteiger partial charge >= 0.3 is 0 Å². The monoisotopic (exact) mass is 174 g/mol. The van der Waals surface area contributed by atoms with Gasteiger partial charge in [0, 0.05) is 26.3 Å². The van der Waals surface area contributed by atoms with Crippen LogP contribution in [0.25, 0.3) is 0 Å². The molecule has 0 rings (SSSR count). The molecule has 3 nitrogen and oxygen atoms in total. The molecule has 74 valence electrons. The molecule has 0 aliphatic carbocycles. The van der Waals surface area contributed by atoms with E-state index in [2.05, 4.69) is 5.32 Å². The fourth-order valence-electron chi connectivity index (χ4n) is 1.19. The van der Waals surface area contributed by atoms with Gasteiger partial charge in [-0.2, -0.15) is 0 Å². The lowest BCUT2D eigenvalue weighted by Crippen LogP contribution is -2.33. The summed E-state index contributed by atoms with van der Waals surface area (Å²) in [4.78, 5) is 0. The minimum absolute atomic E-state index is 0.493. The second-order valence-electron chi connectivity index (χ2n) is 3.06. The number of hydrogen-bond acceptors (Lipinski definition) is 3. The largest absolute Gasteiger partial charge is 0.385 e. The van der Waals surface area contributed by atoms with Crippen molar-refractivity contribution in [2.45, 2.75) is 31.7 Å². The number of ether oxygens (including phenoxy) is 1. The Morgan fingerprint density at radius 1 is 1.33 bits per heavy atom. The summed E-state index contributed by atoms with van der Waals surface area (Å²) in [5.74, 6) is 0. The van der Waals surface area contributed by atoms with Gasteiger partial charge in [0.25, 0.3) is 0 Å². The van der Waals surface area contributed by atoms with E-state index in [0.717, 1.165) is 19.6 Å². The van der Waals surface area contributed by atoms with Gasteiger partial charge in [-0.1, -0.05) is 12.8 Å². The van der Waals surface area contributed by atoms with Crippen LogP contribution < -0.4 is 11.1 Å². The Morgan fingerprint density at radius 2 is 2.08 bits per heavy atom. The van der Waals surface area contributed by atoms with E-state index >= 15 is 0 Å². The second kappa shape index (κ2) is 8.97. The van der Waals surface area contributed by atoms with Crippen LogP contribution in [0.4, 0.5) is 0 Å². The first-order chi connectivity index (χ1) is 5.85. The third-order valence-electron chi connectivity index (χ3n) is 2.09. The summed E-state index contributed by atoms with van der Waals surface area (Å²) in [6.45, 7) is 1.62. The molecule has 0 aromatic heterocycles. The van der Waals surface area contributed by atoms with Gasteiger partial charge < -0.3 is 15.8 Å². The molecule has 0 aromatic carbocycles. The summed E-state index contributed by atoms with van der Waals surface area (Å²) >= 11 is 0. The van der Waals surface area contributed by atoms with Crippen LogP contribution in [0.15, 0.2) is 0 Å². The van der Waals surface area contributed by atoms with E-state index < -0.39 is 0 Å². The molecular weight excluding hydrogens is 152 g/mol. The fraction of sp³-hybridized carbons (Fsp3) is 1.00. The van der Waals surface area contributed by atoms with E-state index in [9.17, 15) is 0 Å². The van der Waals surface area contributed by atoms with E-state index in [4.69, 9.17) is 10.5 Å². The molecule has 12 heavy (non-hydrogen) atoms. The number of nitrogens with two attached hydrogens (primary N) is 1. The fourth-order valence-corrected chi connectivity index (χ4v) is 1.19. The first-order valence-electron chi connectivity index (χ1n) is 4.71. The van der Waals surface area contributed by atoms with E-state index in [0.29, 0.717) is 6.04 Å². The topological polar surface area (TPSA) is 47.3 Å². The summed E-state index contributed by atoms with van der Waals surface area (Å²) < 4.78 is 4.96. The molecule has 0 radical (unpaired) electrons. The Labute approximate surface area is 75.7 Å². The number of methoxy groups -OCH3 is 1. The maximum atomic E-state index is 5.54. The molecule has 0 fully saturated rings. The number of rotatable bonds is 8. The van der Waals surface area contributed by atoms with Crippen LogP contribution >= 0.6 is 0 Å². The van der Waals surface area contributed by atoms with Crippen LogP contribution in [0.1, 0.15) is 25.7 Å². The predicted molar refractivity (Wildman–Crippen MR) is 52.2 cm³/mol. The van der Waals surface area contributed by atoms with E-state index in [-0.39, 0.29) is 0 Å². The Hall–Kier alpha value is -0.120. The zero-order valence-electron chi connectivity index (χ0n) is 8.31. The molecule has 0 bridgehead atoms. The zero-order valence-corrected chi connectivity index (χ0v) is 8.31. The van der Waals surface area contributed by atoms with Crippen molar-refractivity contribution in [2.24, 2.45) is 5.73 Å². The average molecular weight is 174 g/mol. The van der Waals surface area contributed by atoms with E-state index in [1.807, 2.05) is 7.05 Å². The standard InChI is InChI=1S/C9H22N2O/c1-11-9(8-10)6-4-3-5-7-12-2/h9,11H,3-8,10H2,1-2H3. The van der Waals surface area contributed by atoms with Crippen molar-refractivity contribution in [2.75, 3.05) is 27.3 Å². The van der Waals surface area contributed by atoms with Crippen LogP contribution in [0.5, 0.6) is 0 Å². The van der Waals surface area contributed by atoms with E-state index in [1.54, 1.807) is 7.11 Å². The Balaban J connectivity index is 3.06. The maximum absolute atomic E-state index is 5.54. The van der Waals surface area contributed by atoms with Crippen LogP contribution in [0.2, 0.25) is 0 Å². The van der Waals surface area contributed by atoms with Crippen molar-refractivity contribution < 1.29 is 4.74 Å². The lowest BCUT2D eigenvalue weighted by molar-refractivity contribution is 0.191. The van der Waals surface area contributed by atoms with Crippen LogP contribution in [-0.4, -0.2) is 33.4 Å². The third-order valence-corrected chi connectivity index (χ3v) is 2.09. The summed E-state index contributed by atoms with van der Waals surface area (Å²) in [6.07, 6.45) is 4.83. The highest BCUT2D eigenvalue weighted by Crippen LogP contribution is 2.02. The van der Waals surface area contributed by atoms with Gasteiger partial charge in [0.1, 0.15) is 0 Å². The quantitative estimate of drug-likeness (QED) is 0.534. The van der Waals surface area contributed by atoms with Gasteiger partial charge in [0.2, 0.25) is 0 Å². The normalized spacial score (nSPS) is 13.2. The number of unbranched alkanes of at least 4 members (excludes halogenated alkanes) is 2. The zero-order chi connectivity index (χ0) is 9.23. The molecular formula is C9H22N2O. The smallest absolute Gasteiger partial charge is 0.0462 e. The van der Waals surface area contributed by atoms with Gasteiger partial charge in [-0.3, -0.25) is 0 Å². The third kappa shape index (κ3) is 6.58. The van der Waals surface area contributed by atoms with Gasteiger partial charge in [0.15, 0.2) is 0 Å². The molecule has 1 atom stereocenters. The molecule has 0 aliphatic rings. The van der Waals surface area contributed by atoms with Gasteiger partial charge in [0.05, 0.1) is 0 Å². The second-order valence-corrected chi connectivity index (χ2v) is 3.06. The first kappa shape index (κ1) is 11.9. The minimum atomic E-state index is 0.493. The number of nitrogens with one attached hydrogen (secondary N) is 1. The molecule has 0 spiro atoms. The highest BCUT2D eigenvalue weighted by Gasteiger charge is 2.01. The molecule has 0 saturated carbocycles. The number of hydrogen-bond donors (Lipinski definition) is 2. The van der Waals surface area contributed by atoms with Crippen molar-refractivity contribution in [3.05, 3.63) is 0 Å². The maximum Gasteiger partial charge on any atom is 0.0462 e. The first-order valence-corrected chi connectivity index (χ1v) is 4.71. The Bertz CT molecular complexity index is 84.6. The van der Waals surface area contributed by atoms with Crippen molar-refractivity contribution in [3.63, 3.8) is 0 Å². The van der Waals surface area contributed by atoms with Gasteiger partial charge in [-0.05, 0) is 19.9 Å². The highest BCUT2D eigenvalue weighted by atomic mass is 16.5. The SMILES string of the molecule is CNC(CN)CCCCCOC. The molecule has 0 aliphatic heterocycles. The minimum Gasteiger partial charge on any atom is -0.385 e.